The Balaban J connectivity index is 1.37. The molecule has 8 nitrogen and oxygen atoms in total. The van der Waals surface area contributed by atoms with Crippen molar-refractivity contribution in [2.75, 3.05) is 28.7 Å². The van der Waals surface area contributed by atoms with Gasteiger partial charge in [-0.3, -0.25) is 14.4 Å². The monoisotopic (exact) mass is 523 g/mol. The molecule has 2 N–H and O–H groups in total. The third-order valence-corrected chi connectivity index (χ3v) is 6.24. The first-order chi connectivity index (χ1) is 17.3. The van der Waals surface area contributed by atoms with Crippen molar-refractivity contribution in [2.24, 2.45) is 0 Å². The van der Waals surface area contributed by atoms with E-state index in [0.717, 1.165) is 10.5 Å². The van der Waals surface area contributed by atoms with Gasteiger partial charge in [0.05, 0.1) is 5.69 Å². The zero-order valence-corrected chi connectivity index (χ0v) is 20.4. The number of carbonyl (C=O) groups excluding carboxylic acids is 3. The highest BCUT2D eigenvalue weighted by molar-refractivity contribution is 6.53. The van der Waals surface area contributed by atoms with E-state index in [1.54, 1.807) is 61.5 Å². The molecule has 2 aliphatic heterocycles. The highest BCUT2D eigenvalue weighted by Gasteiger charge is 2.39. The molecule has 0 spiro atoms. The third-order valence-electron chi connectivity index (χ3n) is 5.65. The number of benzene rings is 3. The molecule has 0 atom stereocenters. The Morgan fingerprint density at radius 3 is 2.47 bits per heavy atom. The van der Waals surface area contributed by atoms with Gasteiger partial charge in [-0.15, -0.1) is 0 Å². The first-order valence-corrected chi connectivity index (χ1v) is 11.7. The summed E-state index contributed by atoms with van der Waals surface area (Å²) >= 11 is 12.3. The molecule has 182 valence electrons. The number of anilines is 3. The van der Waals surface area contributed by atoms with Gasteiger partial charge in [-0.1, -0.05) is 35.3 Å². The summed E-state index contributed by atoms with van der Waals surface area (Å²) < 4.78 is 11.1. The predicted octanol–water partition coefficient (Wildman–Crippen LogP) is 5.11. The second kappa shape index (κ2) is 9.56. The number of halogens is 2. The van der Waals surface area contributed by atoms with Gasteiger partial charge >= 0.3 is 0 Å². The number of imide groups is 1. The molecule has 0 radical (unpaired) electrons. The molecular formula is C26H19Cl2N3O5. The lowest BCUT2D eigenvalue weighted by Crippen LogP contribution is -2.32. The predicted molar refractivity (Wildman–Crippen MR) is 137 cm³/mol. The van der Waals surface area contributed by atoms with Crippen molar-refractivity contribution in [1.82, 2.24) is 0 Å². The van der Waals surface area contributed by atoms with E-state index in [4.69, 9.17) is 32.7 Å². The number of fused-ring (bicyclic) bond motifs is 1. The van der Waals surface area contributed by atoms with Crippen LogP contribution in [0.1, 0.15) is 15.9 Å². The molecule has 5 rings (SSSR count). The summed E-state index contributed by atoms with van der Waals surface area (Å²) in [6.45, 7) is 2.71. The average molecular weight is 524 g/mol. The van der Waals surface area contributed by atoms with E-state index in [2.05, 4.69) is 10.6 Å². The first-order valence-electron chi connectivity index (χ1n) is 10.9. The van der Waals surface area contributed by atoms with Crippen molar-refractivity contribution in [3.05, 3.63) is 87.5 Å². The zero-order valence-electron chi connectivity index (χ0n) is 18.9. The Morgan fingerprint density at radius 2 is 1.69 bits per heavy atom. The molecule has 0 unspecified atom stereocenters. The van der Waals surface area contributed by atoms with Gasteiger partial charge in [0.25, 0.3) is 17.7 Å². The molecule has 2 aliphatic rings. The van der Waals surface area contributed by atoms with Crippen LogP contribution in [0, 0.1) is 6.92 Å². The van der Waals surface area contributed by atoms with Crippen LogP contribution in [0.3, 0.4) is 0 Å². The topological polar surface area (TPSA) is 97.0 Å². The second-order valence-corrected chi connectivity index (χ2v) is 8.90. The number of nitrogens with one attached hydrogen (secondary N) is 2. The number of amides is 3. The first kappa shape index (κ1) is 23.7. The van der Waals surface area contributed by atoms with Crippen LogP contribution >= 0.6 is 23.2 Å². The lowest BCUT2D eigenvalue weighted by atomic mass is 10.1. The Labute approximate surface area is 216 Å². The number of carbonyl (C=O) groups is 3. The number of rotatable bonds is 5. The highest BCUT2D eigenvalue weighted by Crippen LogP contribution is 2.34. The summed E-state index contributed by atoms with van der Waals surface area (Å²) in [6, 6.07) is 16.5. The van der Waals surface area contributed by atoms with Crippen molar-refractivity contribution < 1.29 is 23.9 Å². The molecule has 2 heterocycles. The quantitative estimate of drug-likeness (QED) is 0.451. The van der Waals surface area contributed by atoms with Gasteiger partial charge in [0.2, 0.25) is 0 Å². The van der Waals surface area contributed by atoms with Crippen LogP contribution in [-0.4, -0.2) is 30.9 Å². The molecule has 36 heavy (non-hydrogen) atoms. The van der Waals surface area contributed by atoms with E-state index in [1.807, 2.05) is 0 Å². The van der Waals surface area contributed by atoms with Crippen LogP contribution in [0.4, 0.5) is 17.1 Å². The van der Waals surface area contributed by atoms with Gasteiger partial charge in [-0.2, -0.15) is 0 Å². The summed E-state index contributed by atoms with van der Waals surface area (Å²) in [5, 5.41) is 5.88. The fraction of sp³-hybridized carbons (Fsp3) is 0.115. The largest absolute Gasteiger partial charge is 0.486 e. The molecule has 0 aliphatic carbocycles. The Hall–Kier alpha value is -4.01. The van der Waals surface area contributed by atoms with Crippen LogP contribution in [0.2, 0.25) is 5.02 Å². The van der Waals surface area contributed by atoms with Crippen LogP contribution in [0.25, 0.3) is 0 Å². The third kappa shape index (κ3) is 4.48. The lowest BCUT2D eigenvalue weighted by molar-refractivity contribution is -0.120. The molecule has 0 saturated heterocycles. The van der Waals surface area contributed by atoms with Crippen LogP contribution in [0.5, 0.6) is 11.5 Å². The smallest absolute Gasteiger partial charge is 0.283 e. The number of aryl methyl sites for hydroxylation is 1. The van der Waals surface area contributed by atoms with Gasteiger partial charge in [0.1, 0.15) is 23.9 Å². The van der Waals surface area contributed by atoms with E-state index in [1.165, 1.54) is 6.07 Å². The maximum Gasteiger partial charge on any atom is 0.283 e. The van der Waals surface area contributed by atoms with E-state index < -0.39 is 11.8 Å². The summed E-state index contributed by atoms with van der Waals surface area (Å²) in [5.41, 5.74) is 2.28. The Bertz CT molecular complexity index is 1450. The highest BCUT2D eigenvalue weighted by atomic mass is 35.5. The standard InChI is InChI=1S/C26H19Cl2N3O5/c1-14-5-6-15(24(32)29-17-7-8-20-21(13-17)36-10-9-35-20)11-19(14)30-23-22(28)25(33)31(26(23)34)18-4-2-3-16(27)12-18/h2-8,11-13,30H,9-10H2,1H3,(H,29,32). The minimum absolute atomic E-state index is 0.0888. The summed E-state index contributed by atoms with van der Waals surface area (Å²) in [5.74, 6) is -0.493. The molecule has 3 aromatic rings. The SMILES string of the molecule is Cc1ccc(C(=O)Nc2ccc3c(c2)OCCO3)cc1NC1=C(Cl)C(=O)N(c2cccc(Cl)c2)C1=O. The van der Waals surface area contributed by atoms with Crippen molar-refractivity contribution in [2.45, 2.75) is 6.92 Å². The fourth-order valence-electron chi connectivity index (χ4n) is 3.82. The molecule has 0 bridgehead atoms. The molecule has 3 amide bonds. The second-order valence-electron chi connectivity index (χ2n) is 8.08. The van der Waals surface area contributed by atoms with Gasteiger partial charge in [0.15, 0.2) is 11.5 Å². The Kier molecular flexibility index (Phi) is 6.30. The maximum atomic E-state index is 13.1. The van der Waals surface area contributed by atoms with E-state index in [0.29, 0.717) is 52.4 Å². The minimum Gasteiger partial charge on any atom is -0.486 e. The summed E-state index contributed by atoms with van der Waals surface area (Å²) in [6.07, 6.45) is 0. The van der Waals surface area contributed by atoms with Gasteiger partial charge in [0, 0.05) is 28.0 Å². The van der Waals surface area contributed by atoms with Crippen LogP contribution < -0.4 is 25.0 Å². The lowest BCUT2D eigenvalue weighted by Gasteiger charge is -2.19. The fourth-order valence-corrected chi connectivity index (χ4v) is 4.22. The Morgan fingerprint density at radius 1 is 0.917 bits per heavy atom. The number of hydrogen-bond donors (Lipinski definition) is 2. The summed E-state index contributed by atoms with van der Waals surface area (Å²) in [7, 11) is 0. The number of ether oxygens (including phenoxy) is 2. The molecular weight excluding hydrogens is 505 g/mol. The van der Waals surface area contributed by atoms with Gasteiger partial charge in [-0.05, 0) is 55.0 Å². The maximum absolute atomic E-state index is 13.1. The average Bonchev–Trinajstić information content (AvgIpc) is 3.08. The molecule has 0 fully saturated rings. The van der Waals surface area contributed by atoms with Crippen molar-refractivity contribution >= 4 is 58.0 Å². The zero-order chi connectivity index (χ0) is 25.4. The van der Waals surface area contributed by atoms with Crippen LogP contribution in [0.15, 0.2) is 71.4 Å². The number of hydrogen-bond acceptors (Lipinski definition) is 6. The van der Waals surface area contributed by atoms with Gasteiger partial charge < -0.3 is 20.1 Å². The minimum atomic E-state index is -0.670. The molecule has 10 heteroatoms. The molecule has 0 aromatic heterocycles. The normalized spacial score (nSPS) is 14.8. The molecule has 3 aromatic carbocycles. The summed E-state index contributed by atoms with van der Waals surface area (Å²) in [4.78, 5) is 39.7. The van der Waals surface area contributed by atoms with Crippen molar-refractivity contribution in [3.63, 3.8) is 0 Å². The van der Waals surface area contributed by atoms with Crippen molar-refractivity contribution in [3.8, 4) is 11.5 Å². The van der Waals surface area contributed by atoms with E-state index in [-0.39, 0.29) is 16.6 Å². The van der Waals surface area contributed by atoms with Crippen LogP contribution in [-0.2, 0) is 9.59 Å². The van der Waals surface area contributed by atoms with E-state index >= 15 is 0 Å². The van der Waals surface area contributed by atoms with E-state index in [9.17, 15) is 14.4 Å². The molecule has 0 saturated carbocycles. The van der Waals surface area contributed by atoms with Gasteiger partial charge in [-0.25, -0.2) is 4.90 Å². The van der Waals surface area contributed by atoms with Crippen molar-refractivity contribution in [1.29, 1.82) is 0 Å². The number of nitrogens with zero attached hydrogens (tertiary/aromatic N) is 1.